The predicted octanol–water partition coefficient (Wildman–Crippen LogP) is 2.34. The summed E-state index contributed by atoms with van der Waals surface area (Å²) in [6, 6.07) is 6.72. The Balaban J connectivity index is 2.31. The van der Waals surface area contributed by atoms with E-state index in [1.807, 2.05) is 0 Å². The highest BCUT2D eigenvalue weighted by molar-refractivity contribution is 6.33. The van der Waals surface area contributed by atoms with Gasteiger partial charge in [-0.15, -0.1) is 0 Å². The summed E-state index contributed by atoms with van der Waals surface area (Å²) >= 11 is 0. The molecule has 0 saturated heterocycles. The monoisotopic (exact) mass is 306 g/mol. The third kappa shape index (κ3) is 2.13. The molecule has 0 radical (unpaired) electrons. The van der Waals surface area contributed by atoms with Crippen molar-refractivity contribution in [3.05, 3.63) is 76.9 Å². The molecule has 0 spiro atoms. The van der Waals surface area contributed by atoms with Gasteiger partial charge in [0.05, 0.1) is 5.92 Å². The number of benzene rings is 1. The van der Waals surface area contributed by atoms with Crippen molar-refractivity contribution in [2.75, 3.05) is 0 Å². The smallest absolute Gasteiger partial charge is 0.197 e. The van der Waals surface area contributed by atoms with E-state index in [0.717, 1.165) is 0 Å². The second-order valence-electron chi connectivity index (χ2n) is 4.98. The fraction of sp³-hybridized carbons (Fsp3) is 0.0667. The standard InChI is InChI=1S/C15H11BF4N2/c16-11-10(12(17)14(19)15(20)13(11)18)9(7-3-1-5-21-7)8-4-2-6-22-8/h1-6,9,21-22H,16H2. The van der Waals surface area contributed by atoms with E-state index >= 15 is 0 Å². The van der Waals surface area contributed by atoms with Crippen molar-refractivity contribution >= 4 is 13.3 Å². The number of nitrogens with one attached hydrogen (secondary N) is 2. The Bertz CT molecular complexity index is 734. The highest BCUT2D eigenvalue weighted by atomic mass is 19.2. The fourth-order valence-corrected chi connectivity index (χ4v) is 2.63. The Kier molecular flexibility index (Phi) is 3.56. The lowest BCUT2D eigenvalue weighted by Crippen LogP contribution is -2.25. The molecule has 2 heterocycles. The molecule has 3 rings (SSSR count). The number of hydrogen-bond donors (Lipinski definition) is 2. The highest BCUT2D eigenvalue weighted by Crippen LogP contribution is 2.32. The first-order valence-electron chi connectivity index (χ1n) is 6.61. The topological polar surface area (TPSA) is 31.6 Å². The summed E-state index contributed by atoms with van der Waals surface area (Å²) in [5.74, 6) is -7.16. The van der Waals surface area contributed by atoms with Gasteiger partial charge in [-0.25, -0.2) is 17.6 Å². The van der Waals surface area contributed by atoms with Crippen LogP contribution in [0, 0.1) is 23.3 Å². The van der Waals surface area contributed by atoms with Gasteiger partial charge in [-0.05, 0) is 29.7 Å². The van der Waals surface area contributed by atoms with E-state index in [-0.39, 0.29) is 11.0 Å². The van der Waals surface area contributed by atoms with Gasteiger partial charge in [0.2, 0.25) is 0 Å². The van der Waals surface area contributed by atoms with Crippen molar-refractivity contribution in [2.45, 2.75) is 5.92 Å². The number of aromatic amines is 2. The zero-order valence-electron chi connectivity index (χ0n) is 11.6. The molecular weight excluding hydrogens is 295 g/mol. The van der Waals surface area contributed by atoms with Crippen LogP contribution in [-0.2, 0) is 0 Å². The van der Waals surface area contributed by atoms with Crippen LogP contribution in [0.5, 0.6) is 0 Å². The first-order chi connectivity index (χ1) is 10.5. The molecule has 22 heavy (non-hydrogen) atoms. The first kappa shape index (κ1) is 14.5. The van der Waals surface area contributed by atoms with Crippen LogP contribution < -0.4 is 5.46 Å². The summed E-state index contributed by atoms with van der Waals surface area (Å²) in [5.41, 5.74) is 0.580. The van der Waals surface area contributed by atoms with E-state index in [2.05, 4.69) is 9.97 Å². The molecule has 0 unspecified atom stereocenters. The van der Waals surface area contributed by atoms with Crippen molar-refractivity contribution < 1.29 is 17.6 Å². The van der Waals surface area contributed by atoms with Crippen LogP contribution in [0.4, 0.5) is 17.6 Å². The number of hydrogen-bond acceptors (Lipinski definition) is 0. The largest absolute Gasteiger partial charge is 0.364 e. The summed E-state index contributed by atoms with van der Waals surface area (Å²) in [4.78, 5) is 5.81. The third-order valence-electron chi connectivity index (χ3n) is 3.70. The lowest BCUT2D eigenvalue weighted by atomic mass is 9.80. The maximum atomic E-state index is 14.3. The molecule has 0 aliphatic heterocycles. The van der Waals surface area contributed by atoms with Gasteiger partial charge >= 0.3 is 0 Å². The van der Waals surface area contributed by atoms with Gasteiger partial charge < -0.3 is 9.97 Å². The van der Waals surface area contributed by atoms with Crippen LogP contribution in [0.2, 0.25) is 0 Å². The maximum absolute atomic E-state index is 14.3. The van der Waals surface area contributed by atoms with Gasteiger partial charge in [0.1, 0.15) is 7.85 Å². The van der Waals surface area contributed by atoms with Crippen molar-refractivity contribution in [3.8, 4) is 0 Å². The maximum Gasteiger partial charge on any atom is 0.197 e. The van der Waals surface area contributed by atoms with E-state index in [0.29, 0.717) is 11.4 Å². The zero-order valence-corrected chi connectivity index (χ0v) is 11.6. The molecule has 1 aromatic carbocycles. The molecule has 0 aliphatic carbocycles. The van der Waals surface area contributed by atoms with E-state index in [1.165, 1.54) is 7.85 Å². The van der Waals surface area contributed by atoms with Crippen LogP contribution in [0.3, 0.4) is 0 Å². The number of rotatable bonds is 3. The van der Waals surface area contributed by atoms with E-state index in [9.17, 15) is 17.6 Å². The zero-order chi connectivity index (χ0) is 15.9. The Hall–Kier alpha value is -2.44. The molecule has 0 aliphatic rings. The second-order valence-corrected chi connectivity index (χ2v) is 4.98. The first-order valence-corrected chi connectivity index (χ1v) is 6.61. The Morgan fingerprint density at radius 3 is 1.73 bits per heavy atom. The molecule has 0 bridgehead atoms. The molecule has 2 nitrogen and oxygen atoms in total. The summed E-state index contributed by atoms with van der Waals surface area (Å²) in [6.07, 6.45) is 3.24. The second kappa shape index (κ2) is 5.40. The van der Waals surface area contributed by atoms with Crippen molar-refractivity contribution in [2.24, 2.45) is 0 Å². The van der Waals surface area contributed by atoms with Gasteiger partial charge in [-0.1, -0.05) is 0 Å². The molecule has 7 heteroatoms. The van der Waals surface area contributed by atoms with Gasteiger partial charge in [0, 0.05) is 29.3 Å². The van der Waals surface area contributed by atoms with Crippen LogP contribution in [0.1, 0.15) is 22.9 Å². The number of halogens is 4. The minimum Gasteiger partial charge on any atom is -0.364 e. The molecule has 2 N–H and O–H groups in total. The predicted molar refractivity (Wildman–Crippen MR) is 77.0 cm³/mol. The minimum atomic E-state index is -1.80. The quantitative estimate of drug-likeness (QED) is 0.322. The third-order valence-corrected chi connectivity index (χ3v) is 3.70. The van der Waals surface area contributed by atoms with Crippen LogP contribution >= 0.6 is 0 Å². The lowest BCUT2D eigenvalue weighted by molar-refractivity contribution is 0.407. The fourth-order valence-electron chi connectivity index (χ4n) is 2.63. The molecule has 3 aromatic rings. The summed E-state index contributed by atoms with van der Waals surface area (Å²) in [5, 5.41) is 0. The summed E-state index contributed by atoms with van der Waals surface area (Å²) in [7, 11) is 1.23. The Labute approximate surface area is 124 Å². The Morgan fingerprint density at radius 2 is 1.27 bits per heavy atom. The molecule has 0 atom stereocenters. The van der Waals surface area contributed by atoms with Gasteiger partial charge in [0.25, 0.3) is 0 Å². The summed E-state index contributed by atoms with van der Waals surface area (Å²) < 4.78 is 55.2. The SMILES string of the molecule is Bc1c(F)c(F)c(F)c(F)c1C(c1ccc[nH]1)c1ccc[nH]1. The average Bonchev–Trinajstić information content (AvgIpc) is 3.20. The Morgan fingerprint density at radius 1 is 0.773 bits per heavy atom. The molecule has 0 saturated carbocycles. The van der Waals surface area contributed by atoms with Crippen LogP contribution in [0.15, 0.2) is 36.7 Å². The van der Waals surface area contributed by atoms with Crippen LogP contribution in [0.25, 0.3) is 0 Å². The van der Waals surface area contributed by atoms with Crippen molar-refractivity contribution in [3.63, 3.8) is 0 Å². The lowest BCUT2D eigenvalue weighted by Gasteiger charge is -2.20. The van der Waals surface area contributed by atoms with Gasteiger partial charge in [-0.2, -0.15) is 0 Å². The number of H-pyrrole nitrogens is 2. The highest BCUT2D eigenvalue weighted by Gasteiger charge is 2.30. The average molecular weight is 306 g/mol. The number of aromatic nitrogens is 2. The van der Waals surface area contributed by atoms with E-state index < -0.39 is 29.2 Å². The molecule has 0 amide bonds. The molecular formula is C15H11BF4N2. The van der Waals surface area contributed by atoms with E-state index in [4.69, 9.17) is 0 Å². The van der Waals surface area contributed by atoms with Crippen molar-refractivity contribution in [1.29, 1.82) is 0 Å². The molecule has 112 valence electrons. The van der Waals surface area contributed by atoms with Gasteiger partial charge in [-0.3, -0.25) is 0 Å². The van der Waals surface area contributed by atoms with E-state index in [1.54, 1.807) is 36.7 Å². The normalized spacial score (nSPS) is 11.3. The van der Waals surface area contributed by atoms with Crippen LogP contribution in [-0.4, -0.2) is 17.8 Å². The van der Waals surface area contributed by atoms with Gasteiger partial charge in [0.15, 0.2) is 23.3 Å². The molecule has 0 fully saturated rings. The minimum absolute atomic E-state index is 0.235. The summed E-state index contributed by atoms with van der Waals surface area (Å²) in [6.45, 7) is 0. The van der Waals surface area contributed by atoms with Crippen molar-refractivity contribution in [1.82, 2.24) is 9.97 Å². The molecule has 2 aromatic heterocycles.